The number of ether oxygens (including phenoxy) is 2. The molecule has 0 saturated carbocycles. The van der Waals surface area contributed by atoms with Gasteiger partial charge in [0, 0.05) is 7.11 Å². The fraction of sp³-hybridized carbons (Fsp3) is 0.261. The predicted molar refractivity (Wildman–Crippen MR) is 121 cm³/mol. The Kier molecular flexibility index (Phi) is 7.96. The van der Waals surface area contributed by atoms with Gasteiger partial charge in [0.05, 0.1) is 26.3 Å². The van der Waals surface area contributed by atoms with Crippen LogP contribution in [0.15, 0.2) is 70.3 Å². The van der Waals surface area contributed by atoms with Crippen LogP contribution in [0.2, 0.25) is 0 Å². The molecular weight excluding hydrogens is 412 g/mol. The molecule has 9 nitrogen and oxygen atoms in total. The molecule has 9 heteroatoms. The quantitative estimate of drug-likeness (QED) is 0.495. The smallest absolute Gasteiger partial charge is 0.330 e. The number of carbonyl (C=O) groups excluding carboxylic acids is 1. The summed E-state index contributed by atoms with van der Waals surface area (Å²) in [5.41, 5.74) is 6.39. The third kappa shape index (κ3) is 5.71. The topological polar surface area (TPSA) is 120 Å². The number of nitrogen functional groups attached to an aromatic ring is 1. The van der Waals surface area contributed by atoms with Gasteiger partial charge in [0.15, 0.2) is 5.69 Å². The largest absolute Gasteiger partial charge is 0.383 e. The molecule has 3 aromatic rings. The summed E-state index contributed by atoms with van der Waals surface area (Å²) in [6.07, 6.45) is 0. The van der Waals surface area contributed by atoms with Gasteiger partial charge in [-0.25, -0.2) is 4.79 Å². The molecular formula is C23H26N4O5. The number of H-pyrrole nitrogens is 1. The average molecular weight is 438 g/mol. The number of anilines is 2. The Labute approximate surface area is 185 Å². The van der Waals surface area contributed by atoms with Crippen LogP contribution in [0, 0.1) is 0 Å². The maximum absolute atomic E-state index is 13.1. The number of nitrogens with zero attached hydrogens (tertiary/aromatic N) is 2. The monoisotopic (exact) mass is 438 g/mol. The Morgan fingerprint density at radius 3 is 2.28 bits per heavy atom. The summed E-state index contributed by atoms with van der Waals surface area (Å²) in [5.74, 6) is -0.568. The number of aromatic amines is 1. The van der Waals surface area contributed by atoms with Crippen molar-refractivity contribution < 1.29 is 14.3 Å². The third-order valence-electron chi connectivity index (χ3n) is 4.82. The van der Waals surface area contributed by atoms with Gasteiger partial charge in [-0.1, -0.05) is 60.7 Å². The van der Waals surface area contributed by atoms with E-state index in [1.165, 1.54) is 16.6 Å². The minimum Gasteiger partial charge on any atom is -0.383 e. The molecule has 0 fully saturated rings. The van der Waals surface area contributed by atoms with Crippen molar-refractivity contribution in [1.29, 1.82) is 0 Å². The standard InChI is InChI=1S/C23H26N4O5/c1-31-13-12-26-21(24)20(22(29)25-23(26)30)27(14-17-8-4-2-5-9-17)19(28)16-32-15-18-10-6-3-7-11-18/h2-11H,12-16,24H2,1H3,(H,25,29,30). The number of hydrogen-bond donors (Lipinski definition) is 2. The molecule has 1 heterocycles. The lowest BCUT2D eigenvalue weighted by molar-refractivity contribution is -0.123. The minimum absolute atomic E-state index is 0.0874. The summed E-state index contributed by atoms with van der Waals surface area (Å²) in [5, 5.41) is 0. The number of nitrogens with one attached hydrogen (secondary N) is 1. The van der Waals surface area contributed by atoms with Crippen LogP contribution >= 0.6 is 0 Å². The third-order valence-corrected chi connectivity index (χ3v) is 4.82. The van der Waals surface area contributed by atoms with Crippen LogP contribution in [-0.2, 0) is 34.0 Å². The van der Waals surface area contributed by atoms with Crippen molar-refractivity contribution >= 4 is 17.4 Å². The van der Waals surface area contributed by atoms with Crippen molar-refractivity contribution in [1.82, 2.24) is 9.55 Å². The predicted octanol–water partition coefficient (Wildman–Crippen LogP) is 1.52. The first kappa shape index (κ1) is 23.0. The maximum atomic E-state index is 13.1. The van der Waals surface area contributed by atoms with E-state index in [1.54, 1.807) is 0 Å². The normalized spacial score (nSPS) is 10.8. The summed E-state index contributed by atoms with van der Waals surface area (Å²) < 4.78 is 11.8. The molecule has 0 aliphatic heterocycles. The van der Waals surface area contributed by atoms with Crippen LogP contribution in [0.1, 0.15) is 11.1 Å². The van der Waals surface area contributed by atoms with E-state index in [2.05, 4.69) is 4.98 Å². The molecule has 0 bridgehead atoms. The van der Waals surface area contributed by atoms with Gasteiger partial charge >= 0.3 is 5.69 Å². The van der Waals surface area contributed by atoms with Gasteiger partial charge in [-0.05, 0) is 11.1 Å². The van der Waals surface area contributed by atoms with Crippen molar-refractivity contribution in [3.05, 3.63) is 92.6 Å². The summed E-state index contributed by atoms with van der Waals surface area (Å²) >= 11 is 0. The number of carbonyl (C=O) groups is 1. The maximum Gasteiger partial charge on any atom is 0.330 e. The highest BCUT2D eigenvalue weighted by atomic mass is 16.5. The van der Waals surface area contributed by atoms with E-state index < -0.39 is 17.2 Å². The first-order valence-electron chi connectivity index (χ1n) is 10.1. The molecule has 0 aliphatic carbocycles. The van der Waals surface area contributed by atoms with Crippen LogP contribution in [0.3, 0.4) is 0 Å². The van der Waals surface area contributed by atoms with E-state index in [0.717, 1.165) is 11.1 Å². The van der Waals surface area contributed by atoms with Gasteiger partial charge in [-0.3, -0.25) is 24.0 Å². The van der Waals surface area contributed by atoms with E-state index in [1.807, 2.05) is 60.7 Å². The zero-order chi connectivity index (χ0) is 22.9. The number of hydrogen-bond acceptors (Lipinski definition) is 6. The second-order valence-electron chi connectivity index (χ2n) is 7.08. The van der Waals surface area contributed by atoms with Gasteiger partial charge in [0.25, 0.3) is 11.5 Å². The lowest BCUT2D eigenvalue weighted by Gasteiger charge is -2.24. The van der Waals surface area contributed by atoms with Crippen molar-refractivity contribution in [2.45, 2.75) is 19.7 Å². The Morgan fingerprint density at radius 1 is 1.03 bits per heavy atom. The molecule has 1 aromatic heterocycles. The van der Waals surface area contributed by atoms with Gasteiger partial charge in [0.1, 0.15) is 12.4 Å². The molecule has 0 spiro atoms. The zero-order valence-electron chi connectivity index (χ0n) is 17.8. The van der Waals surface area contributed by atoms with Gasteiger partial charge in [0.2, 0.25) is 0 Å². The molecule has 168 valence electrons. The summed E-state index contributed by atoms with van der Waals surface area (Å²) in [6, 6.07) is 18.6. The molecule has 0 aliphatic rings. The lowest BCUT2D eigenvalue weighted by atomic mass is 10.2. The van der Waals surface area contributed by atoms with E-state index in [9.17, 15) is 14.4 Å². The average Bonchev–Trinajstić information content (AvgIpc) is 2.79. The van der Waals surface area contributed by atoms with Crippen molar-refractivity contribution in [3.8, 4) is 0 Å². The van der Waals surface area contributed by atoms with E-state index in [4.69, 9.17) is 15.2 Å². The van der Waals surface area contributed by atoms with E-state index in [-0.39, 0.29) is 44.4 Å². The molecule has 1 amide bonds. The Bertz CT molecular complexity index is 1140. The van der Waals surface area contributed by atoms with Crippen LogP contribution in [0.4, 0.5) is 11.5 Å². The molecule has 0 radical (unpaired) electrons. The number of nitrogens with two attached hydrogens (primary N) is 1. The van der Waals surface area contributed by atoms with Crippen LogP contribution in [0.25, 0.3) is 0 Å². The SMILES string of the molecule is COCCn1c(N)c(N(Cc2ccccc2)C(=O)COCc2ccccc2)c(=O)[nH]c1=O. The van der Waals surface area contributed by atoms with Crippen molar-refractivity contribution in [3.63, 3.8) is 0 Å². The van der Waals surface area contributed by atoms with Crippen molar-refractivity contribution in [2.24, 2.45) is 0 Å². The fourth-order valence-corrected chi connectivity index (χ4v) is 3.21. The first-order valence-corrected chi connectivity index (χ1v) is 10.1. The van der Waals surface area contributed by atoms with Crippen LogP contribution < -0.4 is 21.9 Å². The number of amides is 1. The first-order chi connectivity index (χ1) is 15.5. The molecule has 2 aromatic carbocycles. The highest BCUT2D eigenvalue weighted by Gasteiger charge is 2.24. The molecule has 3 rings (SSSR count). The van der Waals surface area contributed by atoms with Crippen molar-refractivity contribution in [2.75, 3.05) is 31.0 Å². The summed E-state index contributed by atoms with van der Waals surface area (Å²) in [4.78, 5) is 41.6. The number of methoxy groups -OCH3 is 1. The second-order valence-corrected chi connectivity index (χ2v) is 7.08. The number of benzene rings is 2. The zero-order valence-corrected chi connectivity index (χ0v) is 17.8. The fourth-order valence-electron chi connectivity index (χ4n) is 3.21. The van der Waals surface area contributed by atoms with E-state index >= 15 is 0 Å². The molecule has 0 atom stereocenters. The van der Waals surface area contributed by atoms with Crippen LogP contribution in [0.5, 0.6) is 0 Å². The molecule has 0 unspecified atom stereocenters. The van der Waals surface area contributed by atoms with E-state index in [0.29, 0.717) is 0 Å². The lowest BCUT2D eigenvalue weighted by Crippen LogP contribution is -2.42. The van der Waals surface area contributed by atoms with Crippen LogP contribution in [-0.4, -0.2) is 35.8 Å². The Hall–Kier alpha value is -3.69. The molecule has 0 saturated heterocycles. The van der Waals surface area contributed by atoms with Gasteiger partial charge in [-0.15, -0.1) is 0 Å². The second kappa shape index (κ2) is 11.1. The van der Waals surface area contributed by atoms with Gasteiger partial charge < -0.3 is 15.2 Å². The highest BCUT2D eigenvalue weighted by Crippen LogP contribution is 2.20. The highest BCUT2D eigenvalue weighted by molar-refractivity contribution is 5.96. The number of rotatable bonds is 10. The number of aromatic nitrogens is 2. The minimum atomic E-state index is -0.742. The summed E-state index contributed by atoms with van der Waals surface area (Å²) in [7, 11) is 1.49. The van der Waals surface area contributed by atoms with Gasteiger partial charge in [-0.2, -0.15) is 0 Å². The molecule has 32 heavy (non-hydrogen) atoms. The Balaban J connectivity index is 1.91. The molecule has 3 N–H and O–H groups in total. The summed E-state index contributed by atoms with van der Waals surface area (Å²) in [6.45, 7) is 0.401. The Morgan fingerprint density at radius 2 is 1.66 bits per heavy atom.